The lowest BCUT2D eigenvalue weighted by Crippen LogP contribution is -1.99. The third-order valence-corrected chi connectivity index (χ3v) is 3.37. The van der Waals surface area contributed by atoms with Crippen molar-refractivity contribution < 1.29 is 0 Å². The van der Waals surface area contributed by atoms with E-state index < -0.39 is 0 Å². The summed E-state index contributed by atoms with van der Waals surface area (Å²) in [7, 11) is 0. The fourth-order valence-electron chi connectivity index (χ4n) is 1.49. The van der Waals surface area contributed by atoms with Crippen molar-refractivity contribution in [3.8, 4) is 0 Å². The third-order valence-electron chi connectivity index (χ3n) is 2.43. The summed E-state index contributed by atoms with van der Waals surface area (Å²) in [5.41, 5.74) is 1.22. The molecule has 0 saturated heterocycles. The van der Waals surface area contributed by atoms with Crippen LogP contribution in [0.3, 0.4) is 0 Å². The van der Waals surface area contributed by atoms with Crippen LogP contribution in [0.2, 0.25) is 0 Å². The Morgan fingerprint density at radius 1 is 1.19 bits per heavy atom. The molecule has 1 nitrogen and oxygen atoms in total. The molecule has 2 heteroatoms. The topological polar surface area (TPSA) is 12.0 Å². The maximum absolute atomic E-state index is 3.41. The molecule has 88 valence electrons. The molecule has 0 unspecified atom stereocenters. The van der Waals surface area contributed by atoms with Crippen molar-refractivity contribution in [2.75, 3.05) is 11.9 Å². The smallest absolute Gasteiger partial charge is 0.0478 e. The van der Waals surface area contributed by atoms with E-state index in [1.807, 2.05) is 0 Å². The SMILES string of the molecule is CCCCC/C=C/CNc1ccccc1I. The first kappa shape index (κ1) is 13.6. The zero-order valence-corrected chi connectivity index (χ0v) is 12.0. The van der Waals surface area contributed by atoms with Gasteiger partial charge in [0, 0.05) is 15.8 Å². The number of nitrogens with one attached hydrogen (secondary N) is 1. The summed E-state index contributed by atoms with van der Waals surface area (Å²) in [4.78, 5) is 0. The van der Waals surface area contributed by atoms with E-state index in [1.54, 1.807) is 0 Å². The summed E-state index contributed by atoms with van der Waals surface area (Å²) < 4.78 is 1.28. The van der Waals surface area contributed by atoms with Crippen LogP contribution in [-0.4, -0.2) is 6.54 Å². The summed E-state index contributed by atoms with van der Waals surface area (Å²) in [5, 5.41) is 3.41. The van der Waals surface area contributed by atoms with Crippen LogP contribution in [0, 0.1) is 3.57 Å². The highest BCUT2D eigenvalue weighted by Gasteiger charge is 1.93. The van der Waals surface area contributed by atoms with Gasteiger partial charge in [-0.3, -0.25) is 0 Å². The Bertz CT molecular complexity index is 320. The maximum Gasteiger partial charge on any atom is 0.0478 e. The molecule has 16 heavy (non-hydrogen) atoms. The van der Waals surface area contributed by atoms with E-state index in [1.165, 1.54) is 34.9 Å². The van der Waals surface area contributed by atoms with E-state index in [0.717, 1.165) is 6.54 Å². The van der Waals surface area contributed by atoms with E-state index in [0.29, 0.717) is 0 Å². The van der Waals surface area contributed by atoms with Crippen molar-refractivity contribution in [2.24, 2.45) is 0 Å². The van der Waals surface area contributed by atoms with Gasteiger partial charge in [-0.15, -0.1) is 0 Å². The highest BCUT2D eigenvalue weighted by molar-refractivity contribution is 14.1. The minimum absolute atomic E-state index is 0.923. The van der Waals surface area contributed by atoms with Crippen molar-refractivity contribution in [1.82, 2.24) is 0 Å². The van der Waals surface area contributed by atoms with Gasteiger partial charge in [0.05, 0.1) is 0 Å². The van der Waals surface area contributed by atoms with Crippen molar-refractivity contribution >= 4 is 28.3 Å². The molecule has 0 aromatic heterocycles. The molecule has 0 radical (unpaired) electrons. The van der Waals surface area contributed by atoms with E-state index in [-0.39, 0.29) is 0 Å². The second-order valence-corrected chi connectivity index (χ2v) is 4.99. The average Bonchev–Trinajstić information content (AvgIpc) is 2.30. The Morgan fingerprint density at radius 2 is 2.00 bits per heavy atom. The molecular weight excluding hydrogens is 309 g/mol. The van der Waals surface area contributed by atoms with Crippen LogP contribution in [0.15, 0.2) is 36.4 Å². The predicted molar refractivity (Wildman–Crippen MR) is 80.9 cm³/mol. The average molecular weight is 329 g/mol. The zero-order valence-electron chi connectivity index (χ0n) is 9.88. The van der Waals surface area contributed by atoms with E-state index >= 15 is 0 Å². The summed E-state index contributed by atoms with van der Waals surface area (Å²) in [6.07, 6.45) is 9.66. The highest BCUT2D eigenvalue weighted by atomic mass is 127. The summed E-state index contributed by atoms with van der Waals surface area (Å²) >= 11 is 2.35. The number of para-hydroxylation sites is 1. The van der Waals surface area contributed by atoms with Crippen LogP contribution >= 0.6 is 22.6 Å². The monoisotopic (exact) mass is 329 g/mol. The van der Waals surface area contributed by atoms with Crippen molar-refractivity contribution in [1.29, 1.82) is 0 Å². The highest BCUT2D eigenvalue weighted by Crippen LogP contribution is 2.16. The number of hydrogen-bond acceptors (Lipinski definition) is 1. The number of anilines is 1. The molecule has 0 aliphatic carbocycles. The number of halogens is 1. The minimum atomic E-state index is 0.923. The molecule has 0 spiro atoms. The second-order valence-electron chi connectivity index (χ2n) is 3.83. The fraction of sp³-hybridized carbons (Fsp3) is 0.429. The Kier molecular flexibility index (Phi) is 7.30. The molecule has 0 aliphatic heterocycles. The predicted octanol–water partition coefficient (Wildman–Crippen LogP) is 4.84. The van der Waals surface area contributed by atoms with Gasteiger partial charge in [-0.05, 0) is 47.6 Å². The molecule has 1 aromatic rings. The molecule has 1 N–H and O–H groups in total. The molecule has 0 atom stereocenters. The fourth-order valence-corrected chi connectivity index (χ4v) is 2.06. The number of unbranched alkanes of at least 4 members (excludes halogenated alkanes) is 3. The van der Waals surface area contributed by atoms with Crippen LogP contribution in [0.25, 0.3) is 0 Å². The molecule has 0 bridgehead atoms. The van der Waals surface area contributed by atoms with Gasteiger partial charge in [-0.1, -0.05) is 44.1 Å². The lowest BCUT2D eigenvalue weighted by molar-refractivity contribution is 0.728. The first-order valence-electron chi connectivity index (χ1n) is 5.98. The van der Waals surface area contributed by atoms with Crippen LogP contribution in [-0.2, 0) is 0 Å². The normalized spacial score (nSPS) is 10.9. The van der Waals surface area contributed by atoms with Crippen molar-refractivity contribution in [3.63, 3.8) is 0 Å². The Balaban J connectivity index is 2.18. The molecule has 0 fully saturated rings. The van der Waals surface area contributed by atoms with Crippen molar-refractivity contribution in [2.45, 2.75) is 32.6 Å². The lowest BCUT2D eigenvalue weighted by Gasteiger charge is -2.05. The number of benzene rings is 1. The minimum Gasteiger partial charge on any atom is -0.381 e. The van der Waals surface area contributed by atoms with Gasteiger partial charge in [0.1, 0.15) is 0 Å². The van der Waals surface area contributed by atoms with E-state index in [9.17, 15) is 0 Å². The van der Waals surface area contributed by atoms with Crippen molar-refractivity contribution in [3.05, 3.63) is 40.0 Å². The van der Waals surface area contributed by atoms with Gasteiger partial charge in [0.25, 0.3) is 0 Å². The largest absolute Gasteiger partial charge is 0.381 e. The van der Waals surface area contributed by atoms with Gasteiger partial charge < -0.3 is 5.32 Å². The Labute approximate surface area is 112 Å². The molecule has 1 rings (SSSR count). The number of hydrogen-bond donors (Lipinski definition) is 1. The van der Waals surface area contributed by atoms with Crippen LogP contribution in [0.5, 0.6) is 0 Å². The van der Waals surface area contributed by atoms with Gasteiger partial charge in [-0.25, -0.2) is 0 Å². The third kappa shape index (κ3) is 5.54. The van der Waals surface area contributed by atoms with Gasteiger partial charge in [0.15, 0.2) is 0 Å². The summed E-state index contributed by atoms with van der Waals surface area (Å²) in [6, 6.07) is 8.36. The molecule has 0 heterocycles. The summed E-state index contributed by atoms with van der Waals surface area (Å²) in [5.74, 6) is 0. The first-order chi connectivity index (χ1) is 7.84. The second kappa shape index (κ2) is 8.62. The molecule has 1 aromatic carbocycles. The van der Waals surface area contributed by atoms with Crippen LogP contribution < -0.4 is 5.32 Å². The van der Waals surface area contributed by atoms with Gasteiger partial charge in [0.2, 0.25) is 0 Å². The van der Waals surface area contributed by atoms with Crippen LogP contribution in [0.4, 0.5) is 5.69 Å². The molecular formula is C14H20IN. The Morgan fingerprint density at radius 3 is 2.75 bits per heavy atom. The number of rotatable bonds is 7. The molecule has 0 amide bonds. The number of allylic oxidation sites excluding steroid dienone is 1. The van der Waals surface area contributed by atoms with E-state index in [4.69, 9.17) is 0 Å². The Hall–Kier alpha value is -0.510. The summed E-state index contributed by atoms with van der Waals surface area (Å²) in [6.45, 7) is 3.16. The first-order valence-corrected chi connectivity index (χ1v) is 7.06. The lowest BCUT2D eigenvalue weighted by atomic mass is 10.2. The standard InChI is InChI=1S/C14H20IN/c1-2-3-4-5-6-9-12-16-14-11-8-7-10-13(14)15/h6-11,16H,2-5,12H2,1H3/b9-6+. The maximum atomic E-state index is 3.41. The van der Waals surface area contributed by atoms with Gasteiger partial charge >= 0.3 is 0 Å². The van der Waals surface area contributed by atoms with E-state index in [2.05, 4.69) is 71.2 Å². The molecule has 0 saturated carbocycles. The van der Waals surface area contributed by atoms with Crippen LogP contribution in [0.1, 0.15) is 32.6 Å². The molecule has 0 aliphatic rings. The quantitative estimate of drug-likeness (QED) is 0.429. The zero-order chi connectivity index (χ0) is 11.6. The van der Waals surface area contributed by atoms with Gasteiger partial charge in [-0.2, -0.15) is 0 Å².